The third-order valence-electron chi connectivity index (χ3n) is 2.82. The summed E-state index contributed by atoms with van der Waals surface area (Å²) in [5, 5.41) is 0. The van der Waals surface area contributed by atoms with Crippen molar-refractivity contribution >= 4 is 11.6 Å². The molecule has 0 aliphatic carbocycles. The van der Waals surface area contributed by atoms with E-state index in [1.165, 1.54) is 6.33 Å². The second-order valence-electron chi connectivity index (χ2n) is 4.09. The normalized spacial score (nSPS) is 10.7. The SMILES string of the molecule is CCOCCN(CCOCC)c1ncnc(N)c1C. The molecule has 1 aromatic rings. The Bertz CT molecular complexity index is 364. The molecule has 0 bridgehead atoms. The molecule has 0 saturated carbocycles. The summed E-state index contributed by atoms with van der Waals surface area (Å²) in [6.07, 6.45) is 1.49. The van der Waals surface area contributed by atoms with Gasteiger partial charge in [-0.15, -0.1) is 0 Å². The Morgan fingerprint density at radius 1 is 1.11 bits per heavy atom. The van der Waals surface area contributed by atoms with Gasteiger partial charge in [-0.05, 0) is 20.8 Å². The van der Waals surface area contributed by atoms with Crippen LogP contribution in [0.1, 0.15) is 19.4 Å². The van der Waals surface area contributed by atoms with Crippen LogP contribution >= 0.6 is 0 Å². The first-order valence-corrected chi connectivity index (χ1v) is 6.68. The molecule has 19 heavy (non-hydrogen) atoms. The molecule has 0 aliphatic rings. The lowest BCUT2D eigenvalue weighted by atomic mass is 10.3. The molecule has 0 saturated heterocycles. The molecule has 1 heterocycles. The van der Waals surface area contributed by atoms with Gasteiger partial charge >= 0.3 is 0 Å². The molecular formula is C13H24N4O2. The Kier molecular flexibility index (Phi) is 7.14. The average molecular weight is 268 g/mol. The fraction of sp³-hybridized carbons (Fsp3) is 0.692. The van der Waals surface area contributed by atoms with Gasteiger partial charge in [0.05, 0.1) is 13.2 Å². The van der Waals surface area contributed by atoms with Crippen molar-refractivity contribution in [2.45, 2.75) is 20.8 Å². The Labute approximate surface area is 114 Å². The second kappa shape index (κ2) is 8.66. The summed E-state index contributed by atoms with van der Waals surface area (Å²) < 4.78 is 10.8. The lowest BCUT2D eigenvalue weighted by molar-refractivity contribution is 0.141. The summed E-state index contributed by atoms with van der Waals surface area (Å²) in [5.41, 5.74) is 6.73. The summed E-state index contributed by atoms with van der Waals surface area (Å²) in [7, 11) is 0. The van der Waals surface area contributed by atoms with Crippen LogP contribution in [0.5, 0.6) is 0 Å². The van der Waals surface area contributed by atoms with E-state index in [2.05, 4.69) is 14.9 Å². The number of nitrogens with two attached hydrogens (primary N) is 1. The zero-order valence-electron chi connectivity index (χ0n) is 12.1. The van der Waals surface area contributed by atoms with Crippen LogP contribution in [0.3, 0.4) is 0 Å². The van der Waals surface area contributed by atoms with Gasteiger partial charge in [-0.2, -0.15) is 0 Å². The highest BCUT2D eigenvalue weighted by molar-refractivity contribution is 5.55. The summed E-state index contributed by atoms with van der Waals surface area (Å²) in [4.78, 5) is 10.4. The number of anilines is 2. The predicted octanol–water partition coefficient (Wildman–Crippen LogP) is 1.25. The van der Waals surface area contributed by atoms with Gasteiger partial charge in [-0.1, -0.05) is 0 Å². The Morgan fingerprint density at radius 3 is 2.21 bits per heavy atom. The molecule has 108 valence electrons. The number of rotatable bonds is 9. The smallest absolute Gasteiger partial charge is 0.137 e. The van der Waals surface area contributed by atoms with E-state index < -0.39 is 0 Å². The van der Waals surface area contributed by atoms with Crippen molar-refractivity contribution in [1.82, 2.24) is 9.97 Å². The molecule has 1 rings (SSSR count). The third-order valence-corrected chi connectivity index (χ3v) is 2.82. The van der Waals surface area contributed by atoms with Gasteiger partial charge in [0.25, 0.3) is 0 Å². The maximum Gasteiger partial charge on any atom is 0.137 e. The zero-order valence-corrected chi connectivity index (χ0v) is 12.1. The number of hydrogen-bond donors (Lipinski definition) is 1. The van der Waals surface area contributed by atoms with Crippen LogP contribution in [0.4, 0.5) is 11.6 Å². The van der Waals surface area contributed by atoms with E-state index in [4.69, 9.17) is 15.2 Å². The van der Waals surface area contributed by atoms with Crippen molar-refractivity contribution < 1.29 is 9.47 Å². The van der Waals surface area contributed by atoms with E-state index >= 15 is 0 Å². The predicted molar refractivity (Wildman–Crippen MR) is 76.4 cm³/mol. The summed E-state index contributed by atoms with van der Waals surface area (Å²) in [5.74, 6) is 1.37. The van der Waals surface area contributed by atoms with Crippen LogP contribution in [0.2, 0.25) is 0 Å². The van der Waals surface area contributed by atoms with Crippen molar-refractivity contribution in [1.29, 1.82) is 0 Å². The summed E-state index contributed by atoms with van der Waals surface area (Å²) >= 11 is 0. The minimum absolute atomic E-state index is 0.516. The Balaban J connectivity index is 2.72. The van der Waals surface area contributed by atoms with Gasteiger partial charge < -0.3 is 20.1 Å². The lowest BCUT2D eigenvalue weighted by Crippen LogP contribution is -2.32. The molecular weight excluding hydrogens is 244 g/mol. The topological polar surface area (TPSA) is 73.5 Å². The van der Waals surface area contributed by atoms with Crippen LogP contribution in [0.15, 0.2) is 6.33 Å². The second-order valence-corrected chi connectivity index (χ2v) is 4.09. The molecule has 0 spiro atoms. The van der Waals surface area contributed by atoms with Crippen LogP contribution < -0.4 is 10.6 Å². The molecule has 0 unspecified atom stereocenters. The van der Waals surface area contributed by atoms with Gasteiger partial charge in [0, 0.05) is 31.9 Å². The molecule has 6 heteroatoms. The largest absolute Gasteiger partial charge is 0.383 e. The number of hydrogen-bond acceptors (Lipinski definition) is 6. The molecule has 6 nitrogen and oxygen atoms in total. The zero-order chi connectivity index (χ0) is 14.1. The molecule has 0 amide bonds. The van der Waals surface area contributed by atoms with E-state index in [1.807, 2.05) is 20.8 Å². The Morgan fingerprint density at radius 2 is 1.68 bits per heavy atom. The first-order valence-electron chi connectivity index (χ1n) is 6.68. The highest BCUT2D eigenvalue weighted by atomic mass is 16.5. The maximum atomic E-state index is 5.83. The fourth-order valence-electron chi connectivity index (χ4n) is 1.73. The number of ether oxygens (including phenoxy) is 2. The quantitative estimate of drug-likeness (QED) is 0.679. The standard InChI is InChI=1S/C13H24N4O2/c1-4-18-8-6-17(7-9-19-5-2)13-11(3)12(14)15-10-16-13/h10H,4-9H2,1-3H3,(H2,14,15,16). The fourth-order valence-corrected chi connectivity index (χ4v) is 1.73. The number of nitrogen functional groups attached to an aromatic ring is 1. The van der Waals surface area contributed by atoms with Gasteiger partial charge in [0.1, 0.15) is 18.0 Å². The average Bonchev–Trinajstić information content (AvgIpc) is 2.41. The van der Waals surface area contributed by atoms with Gasteiger partial charge in [-0.3, -0.25) is 0 Å². The van der Waals surface area contributed by atoms with Crippen molar-refractivity contribution in [2.75, 3.05) is 50.2 Å². The molecule has 0 aliphatic heterocycles. The van der Waals surface area contributed by atoms with Crippen LogP contribution in [-0.4, -0.2) is 49.5 Å². The Hall–Kier alpha value is -1.40. The lowest BCUT2D eigenvalue weighted by Gasteiger charge is -2.25. The van der Waals surface area contributed by atoms with Gasteiger partial charge in [-0.25, -0.2) is 9.97 Å². The van der Waals surface area contributed by atoms with Gasteiger partial charge in [0.2, 0.25) is 0 Å². The molecule has 0 radical (unpaired) electrons. The minimum atomic E-state index is 0.516. The van der Waals surface area contributed by atoms with Crippen molar-refractivity contribution in [3.63, 3.8) is 0 Å². The molecule has 0 fully saturated rings. The van der Waals surface area contributed by atoms with Crippen LogP contribution in [-0.2, 0) is 9.47 Å². The molecule has 0 atom stereocenters. The van der Waals surface area contributed by atoms with E-state index in [-0.39, 0.29) is 0 Å². The first-order chi connectivity index (χ1) is 9.20. The van der Waals surface area contributed by atoms with Crippen molar-refractivity contribution in [3.05, 3.63) is 11.9 Å². The van der Waals surface area contributed by atoms with E-state index in [1.54, 1.807) is 0 Å². The van der Waals surface area contributed by atoms with Crippen LogP contribution in [0, 0.1) is 6.92 Å². The highest BCUT2D eigenvalue weighted by Gasteiger charge is 2.12. The monoisotopic (exact) mass is 268 g/mol. The minimum Gasteiger partial charge on any atom is -0.383 e. The molecule has 2 N–H and O–H groups in total. The third kappa shape index (κ3) is 5.00. The number of aromatic nitrogens is 2. The van der Waals surface area contributed by atoms with Crippen LogP contribution in [0.25, 0.3) is 0 Å². The first kappa shape index (κ1) is 15.7. The van der Waals surface area contributed by atoms with E-state index in [9.17, 15) is 0 Å². The van der Waals surface area contributed by atoms with Crippen molar-refractivity contribution in [2.24, 2.45) is 0 Å². The van der Waals surface area contributed by atoms with E-state index in [0.29, 0.717) is 32.2 Å². The molecule has 1 aromatic heterocycles. The van der Waals surface area contributed by atoms with E-state index in [0.717, 1.165) is 24.5 Å². The summed E-state index contributed by atoms with van der Waals surface area (Å²) in [6.45, 7) is 10.2. The summed E-state index contributed by atoms with van der Waals surface area (Å²) in [6, 6.07) is 0. The molecule has 0 aromatic carbocycles. The highest BCUT2D eigenvalue weighted by Crippen LogP contribution is 2.19. The van der Waals surface area contributed by atoms with Crippen molar-refractivity contribution in [3.8, 4) is 0 Å². The number of nitrogens with zero attached hydrogens (tertiary/aromatic N) is 3. The maximum absolute atomic E-state index is 5.83. The van der Waals surface area contributed by atoms with Gasteiger partial charge in [0.15, 0.2) is 0 Å².